The van der Waals surface area contributed by atoms with Gasteiger partial charge in [0, 0.05) is 37.7 Å². The van der Waals surface area contributed by atoms with Crippen LogP contribution < -0.4 is 5.32 Å². The first-order chi connectivity index (χ1) is 24.9. The van der Waals surface area contributed by atoms with Gasteiger partial charge in [-0.2, -0.15) is 0 Å². The molecule has 1 unspecified atom stereocenters. The number of imidazole rings is 1. The number of carboxylic acid groups (broad SMARTS) is 4. The molecule has 0 saturated heterocycles. The van der Waals surface area contributed by atoms with E-state index in [0.29, 0.717) is 30.2 Å². The van der Waals surface area contributed by atoms with Crippen molar-refractivity contribution in [3.05, 3.63) is 108 Å². The Balaban J connectivity index is 1.43. The third-order valence-corrected chi connectivity index (χ3v) is 8.83. The van der Waals surface area contributed by atoms with Gasteiger partial charge in [-0.1, -0.05) is 80.9 Å². The van der Waals surface area contributed by atoms with Gasteiger partial charge >= 0.3 is 23.9 Å². The Bertz CT molecular complexity index is 1740. The zero-order valence-corrected chi connectivity index (χ0v) is 29.4. The van der Waals surface area contributed by atoms with Crippen LogP contribution in [0.3, 0.4) is 0 Å². The molecule has 4 atom stereocenters. The van der Waals surface area contributed by atoms with Crippen LogP contribution in [0.1, 0.15) is 67.9 Å². The van der Waals surface area contributed by atoms with E-state index in [0.717, 1.165) is 11.1 Å². The molecule has 0 bridgehead atoms. The van der Waals surface area contributed by atoms with Crippen molar-refractivity contribution < 1.29 is 44.0 Å². The summed E-state index contributed by atoms with van der Waals surface area (Å²) in [7, 11) is 0. The maximum absolute atomic E-state index is 12.7. The lowest BCUT2D eigenvalue weighted by Gasteiger charge is -2.34. The molecule has 14 nitrogen and oxygen atoms in total. The first-order valence-corrected chi connectivity index (χ1v) is 17.3. The first kappa shape index (κ1) is 39.4. The maximum atomic E-state index is 12.7. The molecule has 0 aliphatic rings. The van der Waals surface area contributed by atoms with Crippen molar-refractivity contribution in [2.45, 2.75) is 89.5 Å². The summed E-state index contributed by atoms with van der Waals surface area (Å²) < 4.78 is 7.43. The molecule has 52 heavy (non-hydrogen) atoms. The Labute approximate surface area is 302 Å². The number of hydrogen-bond donors (Lipinski definition) is 5. The zero-order chi connectivity index (χ0) is 37.6. The minimum atomic E-state index is -1.25. The summed E-state index contributed by atoms with van der Waals surface area (Å²) in [6, 6.07) is 14.3. The van der Waals surface area contributed by atoms with Gasteiger partial charge < -0.3 is 29.4 Å². The SMILES string of the molecule is CC(C)C[C@@H](C(=O)O)N(CCCCC(N[C@@H](Cc1cncn1Cc1ccccc1)C(=O)O)C(=O)O)[C@@H](Cc1coc(Cc2ccccc2)n1)C(=O)O. The van der Waals surface area contributed by atoms with E-state index in [9.17, 15) is 39.6 Å². The summed E-state index contributed by atoms with van der Waals surface area (Å²) in [6.45, 7) is 4.23. The third kappa shape index (κ3) is 11.9. The standard InChI is InChI=1S/C38H47N5O9/c1-25(2)17-32(37(48)49)43(33(38(50)51)19-28-23-52-34(40-28)18-26-11-5-3-6-12-26)16-10-9-15-30(35(44)45)41-31(36(46)47)20-29-21-39-24-42(29)22-27-13-7-4-8-14-27/h3-8,11-14,21,23-25,30-33,41H,9-10,15-20,22H2,1-2H3,(H,44,45)(H,46,47)(H,48,49)(H,50,51)/t30?,31-,32-,33-/m0/s1. The summed E-state index contributed by atoms with van der Waals surface area (Å²) in [5.41, 5.74) is 2.95. The largest absolute Gasteiger partial charge is 0.480 e. The van der Waals surface area contributed by atoms with Crippen molar-refractivity contribution in [3.63, 3.8) is 0 Å². The second-order valence-corrected chi connectivity index (χ2v) is 13.3. The molecule has 4 aromatic rings. The van der Waals surface area contributed by atoms with Gasteiger partial charge in [-0.05, 0) is 42.9 Å². The molecule has 2 aromatic carbocycles. The topological polar surface area (TPSA) is 208 Å². The number of oxazole rings is 1. The van der Waals surface area contributed by atoms with Crippen molar-refractivity contribution in [1.29, 1.82) is 0 Å². The Morgan fingerprint density at radius 1 is 0.808 bits per heavy atom. The lowest BCUT2D eigenvalue weighted by Crippen LogP contribution is -2.52. The average molecular weight is 718 g/mol. The van der Waals surface area contributed by atoms with Crippen LogP contribution in [0.5, 0.6) is 0 Å². The molecule has 4 rings (SSSR count). The van der Waals surface area contributed by atoms with Crippen molar-refractivity contribution in [2.75, 3.05) is 6.54 Å². The molecule has 2 aromatic heterocycles. The van der Waals surface area contributed by atoms with E-state index in [2.05, 4.69) is 15.3 Å². The molecule has 5 N–H and O–H groups in total. The van der Waals surface area contributed by atoms with Gasteiger partial charge in [0.05, 0.1) is 12.0 Å². The fourth-order valence-electron chi connectivity index (χ4n) is 6.22. The van der Waals surface area contributed by atoms with Gasteiger partial charge in [-0.15, -0.1) is 0 Å². The summed E-state index contributed by atoms with van der Waals surface area (Å²) in [4.78, 5) is 59.8. The van der Waals surface area contributed by atoms with Gasteiger partial charge in [0.1, 0.15) is 30.4 Å². The number of rotatable bonds is 23. The molecule has 14 heteroatoms. The van der Waals surface area contributed by atoms with E-state index in [1.807, 2.05) is 79.1 Å². The number of unbranched alkanes of at least 4 members (excludes halogenated alkanes) is 1. The number of hydrogen-bond acceptors (Lipinski definition) is 9. The fraction of sp³-hybridized carbons (Fsp3) is 0.421. The second-order valence-electron chi connectivity index (χ2n) is 13.3. The van der Waals surface area contributed by atoms with E-state index in [-0.39, 0.29) is 51.0 Å². The highest BCUT2D eigenvalue weighted by Gasteiger charge is 2.36. The first-order valence-electron chi connectivity index (χ1n) is 17.3. The lowest BCUT2D eigenvalue weighted by molar-refractivity contribution is -0.151. The summed E-state index contributed by atoms with van der Waals surface area (Å²) in [6.07, 6.45) is 5.58. The third-order valence-electron chi connectivity index (χ3n) is 8.83. The van der Waals surface area contributed by atoms with Crippen LogP contribution in [0.15, 0.2) is 83.9 Å². The lowest BCUT2D eigenvalue weighted by atomic mass is 9.98. The van der Waals surface area contributed by atoms with Gasteiger partial charge in [-0.25, -0.2) is 9.97 Å². The van der Waals surface area contributed by atoms with E-state index in [1.54, 1.807) is 12.5 Å². The number of carboxylic acids is 4. The minimum Gasteiger partial charge on any atom is -0.480 e. The molecule has 0 aliphatic heterocycles. The van der Waals surface area contributed by atoms with Crippen LogP contribution in [-0.4, -0.2) is 94.5 Å². The number of benzene rings is 2. The number of nitrogens with one attached hydrogen (secondary N) is 1. The highest BCUT2D eigenvalue weighted by Crippen LogP contribution is 2.21. The predicted octanol–water partition coefficient (Wildman–Crippen LogP) is 4.22. The average Bonchev–Trinajstić information content (AvgIpc) is 3.74. The molecule has 0 spiro atoms. The normalized spacial score (nSPS) is 13.8. The Morgan fingerprint density at radius 3 is 2.04 bits per heavy atom. The van der Waals surface area contributed by atoms with Crippen LogP contribution >= 0.6 is 0 Å². The van der Waals surface area contributed by atoms with Gasteiger partial charge in [0.25, 0.3) is 0 Å². The molecule has 0 radical (unpaired) electrons. The summed E-state index contributed by atoms with van der Waals surface area (Å²) in [5.74, 6) is -4.48. The maximum Gasteiger partial charge on any atom is 0.321 e. The number of carbonyl (C=O) groups is 4. The number of nitrogens with zero attached hydrogens (tertiary/aromatic N) is 4. The fourth-order valence-corrected chi connectivity index (χ4v) is 6.22. The van der Waals surface area contributed by atoms with Crippen molar-refractivity contribution >= 4 is 23.9 Å². The van der Waals surface area contributed by atoms with E-state index in [1.165, 1.54) is 11.2 Å². The Kier molecular flexibility index (Phi) is 14.7. The number of aliphatic carboxylic acids is 4. The van der Waals surface area contributed by atoms with Crippen molar-refractivity contribution in [2.24, 2.45) is 5.92 Å². The van der Waals surface area contributed by atoms with Gasteiger partial charge in [0.15, 0.2) is 5.89 Å². The van der Waals surface area contributed by atoms with E-state index in [4.69, 9.17) is 4.42 Å². The Morgan fingerprint density at radius 2 is 1.44 bits per heavy atom. The smallest absolute Gasteiger partial charge is 0.321 e. The van der Waals surface area contributed by atoms with Crippen molar-refractivity contribution in [1.82, 2.24) is 24.8 Å². The molecule has 2 heterocycles. The zero-order valence-electron chi connectivity index (χ0n) is 29.4. The second kappa shape index (κ2) is 19.3. The monoisotopic (exact) mass is 717 g/mol. The molecular formula is C38H47N5O9. The van der Waals surface area contributed by atoms with Crippen LogP contribution in [0.4, 0.5) is 0 Å². The summed E-state index contributed by atoms with van der Waals surface area (Å²) >= 11 is 0. The molecule has 0 fully saturated rings. The van der Waals surface area contributed by atoms with Crippen LogP contribution in [0.2, 0.25) is 0 Å². The van der Waals surface area contributed by atoms with Gasteiger partial charge in [-0.3, -0.25) is 29.4 Å². The highest BCUT2D eigenvalue weighted by molar-refractivity contribution is 5.78. The molecule has 0 saturated carbocycles. The minimum absolute atomic E-state index is 0.00931. The van der Waals surface area contributed by atoms with E-state index >= 15 is 0 Å². The molecule has 0 aliphatic carbocycles. The summed E-state index contributed by atoms with van der Waals surface area (Å²) in [5, 5.41) is 43.4. The van der Waals surface area contributed by atoms with Crippen LogP contribution in [0.25, 0.3) is 0 Å². The quantitative estimate of drug-likeness (QED) is 0.0682. The molecule has 0 amide bonds. The molecule has 278 valence electrons. The molecular weight excluding hydrogens is 670 g/mol. The van der Waals surface area contributed by atoms with Crippen molar-refractivity contribution in [3.8, 4) is 0 Å². The number of aromatic nitrogens is 3. The van der Waals surface area contributed by atoms with Crippen LogP contribution in [0, 0.1) is 5.92 Å². The highest BCUT2D eigenvalue weighted by atomic mass is 16.4. The van der Waals surface area contributed by atoms with Gasteiger partial charge in [0.2, 0.25) is 0 Å². The van der Waals surface area contributed by atoms with Crippen LogP contribution in [-0.2, 0) is 45.0 Å². The Hall–Kier alpha value is -5.34. The predicted molar refractivity (Wildman–Crippen MR) is 190 cm³/mol. The van der Waals surface area contributed by atoms with E-state index < -0.39 is 48.0 Å².